The lowest BCUT2D eigenvalue weighted by atomic mass is 9.78. The van der Waals surface area contributed by atoms with Crippen molar-refractivity contribution in [2.75, 3.05) is 25.1 Å². The molecule has 4 rings (SSSR count). The molecule has 0 spiro atoms. The number of aliphatic hydroxyl groups is 1. The van der Waals surface area contributed by atoms with Gasteiger partial charge in [0.25, 0.3) is 0 Å². The van der Waals surface area contributed by atoms with Crippen LogP contribution in [0.5, 0.6) is 5.75 Å². The Labute approximate surface area is 162 Å². The third-order valence-corrected chi connectivity index (χ3v) is 5.68. The zero-order valence-corrected chi connectivity index (χ0v) is 15.6. The van der Waals surface area contributed by atoms with Crippen LogP contribution in [0.4, 0.5) is 10.2 Å². The van der Waals surface area contributed by atoms with E-state index in [0.29, 0.717) is 29.6 Å². The van der Waals surface area contributed by atoms with E-state index >= 15 is 0 Å². The van der Waals surface area contributed by atoms with Crippen molar-refractivity contribution >= 4 is 11.8 Å². The number of hydrogen-bond donors (Lipinski definition) is 1. The summed E-state index contributed by atoms with van der Waals surface area (Å²) in [5.41, 5.74) is 0.422. The normalized spacial score (nSPS) is 26.6. The van der Waals surface area contributed by atoms with Gasteiger partial charge in [0.05, 0.1) is 18.8 Å². The van der Waals surface area contributed by atoms with E-state index in [1.807, 2.05) is 6.07 Å². The molecular formula is C21H23FN2O4. The second-order valence-electron chi connectivity index (χ2n) is 7.47. The summed E-state index contributed by atoms with van der Waals surface area (Å²) < 4.78 is 23.7. The van der Waals surface area contributed by atoms with Gasteiger partial charge in [-0.25, -0.2) is 14.2 Å². The molecule has 28 heavy (non-hydrogen) atoms. The van der Waals surface area contributed by atoms with Gasteiger partial charge < -0.3 is 19.5 Å². The molecule has 2 aliphatic rings. The second-order valence-corrected chi connectivity index (χ2v) is 7.47. The molecule has 7 heteroatoms. The number of benzene rings is 1. The number of hydrogen-bond acceptors (Lipinski definition) is 6. The Morgan fingerprint density at radius 2 is 1.86 bits per heavy atom. The Balaban J connectivity index is 1.41. The van der Waals surface area contributed by atoms with E-state index in [2.05, 4.69) is 9.88 Å². The highest BCUT2D eigenvalue weighted by Gasteiger charge is 2.43. The van der Waals surface area contributed by atoms with Gasteiger partial charge in [0.1, 0.15) is 23.5 Å². The average Bonchev–Trinajstić information content (AvgIpc) is 3.12. The lowest BCUT2D eigenvalue weighted by Crippen LogP contribution is -2.42. The van der Waals surface area contributed by atoms with Gasteiger partial charge in [-0.15, -0.1) is 0 Å². The first-order chi connectivity index (χ1) is 13.5. The van der Waals surface area contributed by atoms with Crippen LogP contribution in [0.3, 0.4) is 0 Å². The molecule has 2 aromatic rings. The van der Waals surface area contributed by atoms with E-state index in [9.17, 15) is 14.3 Å². The highest BCUT2D eigenvalue weighted by molar-refractivity contribution is 5.89. The first kappa shape index (κ1) is 18.7. The zero-order chi connectivity index (χ0) is 19.7. The minimum absolute atomic E-state index is 0.304. The van der Waals surface area contributed by atoms with Gasteiger partial charge in [0.15, 0.2) is 0 Å². The van der Waals surface area contributed by atoms with Crippen LogP contribution in [0, 0.1) is 17.7 Å². The number of rotatable bonds is 4. The summed E-state index contributed by atoms with van der Waals surface area (Å²) >= 11 is 0. The lowest BCUT2D eigenvalue weighted by molar-refractivity contribution is -0.0231. The van der Waals surface area contributed by atoms with Crippen LogP contribution in [0.1, 0.15) is 23.2 Å². The van der Waals surface area contributed by atoms with Crippen LogP contribution in [0.25, 0.3) is 0 Å². The highest BCUT2D eigenvalue weighted by Crippen LogP contribution is 2.39. The molecule has 0 bridgehead atoms. The summed E-state index contributed by atoms with van der Waals surface area (Å²) in [7, 11) is 1.34. The first-order valence-electron chi connectivity index (χ1n) is 9.43. The minimum atomic E-state index is -0.555. The summed E-state index contributed by atoms with van der Waals surface area (Å²) in [5.74, 6) is 1.42. The monoisotopic (exact) mass is 386 g/mol. The zero-order valence-electron chi connectivity index (χ0n) is 15.6. The molecular weight excluding hydrogens is 363 g/mol. The Bertz CT molecular complexity index is 827. The number of carbonyl (C=O) groups is 1. The highest BCUT2D eigenvalue weighted by atomic mass is 19.1. The van der Waals surface area contributed by atoms with Gasteiger partial charge in [0, 0.05) is 19.3 Å². The number of halogens is 1. The Kier molecular flexibility index (Phi) is 5.17. The van der Waals surface area contributed by atoms with E-state index in [1.54, 1.807) is 18.2 Å². The Hall–Kier alpha value is -2.67. The van der Waals surface area contributed by atoms with Gasteiger partial charge in [-0.05, 0) is 61.1 Å². The number of aliphatic hydroxyl groups excluding tert-OH is 1. The van der Waals surface area contributed by atoms with Crippen molar-refractivity contribution in [1.82, 2.24) is 4.98 Å². The molecule has 2 fully saturated rings. The molecule has 1 aromatic carbocycles. The molecule has 148 valence electrons. The number of ether oxygens (including phenoxy) is 2. The molecule has 1 aromatic heterocycles. The molecule has 2 heterocycles. The number of carbonyl (C=O) groups excluding carboxylic acids is 1. The Morgan fingerprint density at radius 3 is 2.50 bits per heavy atom. The van der Waals surface area contributed by atoms with Crippen LogP contribution >= 0.6 is 0 Å². The maximum absolute atomic E-state index is 13.1. The van der Waals surface area contributed by atoms with Gasteiger partial charge >= 0.3 is 5.97 Å². The lowest BCUT2D eigenvalue weighted by Gasteiger charge is -2.35. The maximum Gasteiger partial charge on any atom is 0.339 e. The molecule has 1 aliphatic carbocycles. The number of pyridine rings is 1. The molecule has 4 atom stereocenters. The predicted molar refractivity (Wildman–Crippen MR) is 101 cm³/mol. The summed E-state index contributed by atoms with van der Waals surface area (Å²) in [5, 5.41) is 10.5. The molecule has 6 nitrogen and oxygen atoms in total. The summed E-state index contributed by atoms with van der Waals surface area (Å²) in [6, 6.07) is 9.42. The second kappa shape index (κ2) is 7.75. The van der Waals surface area contributed by atoms with Crippen LogP contribution in [-0.4, -0.2) is 48.5 Å². The molecule has 1 N–H and O–H groups in total. The SMILES string of the molecule is COC(=O)c1ccc(N2C[C@H]3C[C@@H](Oc4ccc(F)cc4)[C@H](O)C[C@H]3C2)nc1. The molecule has 0 unspecified atom stereocenters. The van der Waals surface area contributed by atoms with Crippen LogP contribution < -0.4 is 9.64 Å². The molecule has 0 amide bonds. The quantitative estimate of drug-likeness (QED) is 0.815. The van der Waals surface area contributed by atoms with Crippen molar-refractivity contribution in [3.8, 4) is 5.75 Å². The van der Waals surface area contributed by atoms with Crippen molar-refractivity contribution in [2.45, 2.75) is 25.0 Å². The van der Waals surface area contributed by atoms with E-state index < -0.39 is 12.1 Å². The van der Waals surface area contributed by atoms with Gasteiger partial charge in [-0.2, -0.15) is 0 Å². The summed E-state index contributed by atoms with van der Waals surface area (Å²) in [4.78, 5) is 18.1. The third-order valence-electron chi connectivity index (χ3n) is 5.68. The number of anilines is 1. The topological polar surface area (TPSA) is 71.9 Å². The summed E-state index contributed by atoms with van der Waals surface area (Å²) in [6.07, 6.45) is 2.06. The third kappa shape index (κ3) is 3.80. The Morgan fingerprint density at radius 1 is 1.14 bits per heavy atom. The molecule has 1 aliphatic heterocycles. The number of esters is 1. The smallest absolute Gasteiger partial charge is 0.339 e. The molecule has 1 saturated carbocycles. The van der Waals surface area contributed by atoms with Crippen LogP contribution in [-0.2, 0) is 4.74 Å². The van der Waals surface area contributed by atoms with E-state index in [-0.39, 0.29) is 11.9 Å². The number of nitrogens with zero attached hydrogens (tertiary/aromatic N) is 2. The van der Waals surface area contributed by atoms with Crippen molar-refractivity contribution in [3.05, 3.63) is 54.0 Å². The van der Waals surface area contributed by atoms with Crippen molar-refractivity contribution in [2.24, 2.45) is 11.8 Å². The van der Waals surface area contributed by atoms with Gasteiger partial charge in [-0.3, -0.25) is 0 Å². The van der Waals surface area contributed by atoms with Crippen molar-refractivity contribution < 1.29 is 23.8 Å². The summed E-state index contributed by atoms with van der Waals surface area (Å²) in [6.45, 7) is 1.64. The van der Waals surface area contributed by atoms with Crippen LogP contribution in [0.15, 0.2) is 42.6 Å². The first-order valence-corrected chi connectivity index (χ1v) is 9.43. The van der Waals surface area contributed by atoms with Crippen LogP contribution in [0.2, 0.25) is 0 Å². The molecule has 0 radical (unpaired) electrons. The fourth-order valence-corrected chi connectivity index (χ4v) is 4.20. The van der Waals surface area contributed by atoms with Crippen molar-refractivity contribution in [3.63, 3.8) is 0 Å². The fraction of sp³-hybridized carbons (Fsp3) is 0.429. The molecule has 1 saturated heterocycles. The minimum Gasteiger partial charge on any atom is -0.488 e. The van der Waals surface area contributed by atoms with E-state index in [1.165, 1.54) is 25.4 Å². The fourth-order valence-electron chi connectivity index (χ4n) is 4.20. The van der Waals surface area contributed by atoms with Gasteiger partial charge in [-0.1, -0.05) is 0 Å². The standard InChI is InChI=1S/C21H23FN2O4/c1-27-21(26)13-2-7-20(23-10-13)24-11-14-8-18(25)19(9-15(14)12-24)28-17-5-3-16(22)4-6-17/h2-7,10,14-15,18-19,25H,8-9,11-12H2,1H3/t14-,15+,18+,19+/m0/s1. The predicted octanol–water partition coefficient (Wildman–Crippen LogP) is 2.66. The van der Waals surface area contributed by atoms with E-state index in [4.69, 9.17) is 9.47 Å². The van der Waals surface area contributed by atoms with Gasteiger partial charge in [0.2, 0.25) is 0 Å². The average molecular weight is 386 g/mol. The largest absolute Gasteiger partial charge is 0.488 e. The van der Waals surface area contributed by atoms with Crippen molar-refractivity contribution in [1.29, 1.82) is 0 Å². The maximum atomic E-state index is 13.1. The number of aromatic nitrogens is 1. The van der Waals surface area contributed by atoms with E-state index in [0.717, 1.165) is 25.3 Å². The number of methoxy groups -OCH3 is 1. The number of fused-ring (bicyclic) bond motifs is 1.